The molecule has 0 spiro atoms. The maximum atomic E-state index is 12.1. The van der Waals surface area contributed by atoms with Crippen molar-refractivity contribution >= 4 is 6.41 Å². The van der Waals surface area contributed by atoms with E-state index in [9.17, 15) is 9.18 Å². The van der Waals surface area contributed by atoms with Gasteiger partial charge in [-0.3, -0.25) is 4.79 Å². The van der Waals surface area contributed by atoms with Crippen molar-refractivity contribution in [3.8, 4) is 0 Å². The average molecular weight is 245 g/mol. The number of hydrogen-bond donors (Lipinski definition) is 0. The van der Waals surface area contributed by atoms with Crippen LogP contribution in [0.1, 0.15) is 12.8 Å². The Morgan fingerprint density at radius 2 is 1.82 bits per heavy atom. The normalized spacial score (nSPS) is 27.2. The molecule has 0 N–H and O–H groups in total. The second kappa shape index (κ2) is 7.61. The van der Waals surface area contributed by atoms with E-state index < -0.39 is 6.17 Å². The predicted molar refractivity (Wildman–Crippen MR) is 66.8 cm³/mol. The van der Waals surface area contributed by atoms with Crippen LogP contribution in [0, 0.1) is 0 Å². The van der Waals surface area contributed by atoms with Gasteiger partial charge in [-0.25, -0.2) is 4.39 Å². The number of likely N-dealkylation sites (N-methyl/N-ethyl adjacent to an activating group) is 1. The van der Waals surface area contributed by atoms with Gasteiger partial charge in [-0.15, -0.1) is 0 Å². The van der Waals surface area contributed by atoms with Gasteiger partial charge in [0.25, 0.3) is 0 Å². The van der Waals surface area contributed by atoms with Crippen LogP contribution in [0.25, 0.3) is 0 Å². The molecule has 2 aliphatic heterocycles. The summed E-state index contributed by atoms with van der Waals surface area (Å²) in [4.78, 5) is 16.4. The monoisotopic (exact) mass is 245 g/mol. The fraction of sp³-hybridized carbons (Fsp3) is 0.917. The average Bonchev–Trinajstić information content (AvgIpc) is 2.56. The van der Waals surface area contributed by atoms with Gasteiger partial charge in [-0.05, 0) is 33.5 Å². The Balaban J connectivity index is 0.000000181. The highest BCUT2D eigenvalue weighted by molar-refractivity contribution is 5.46. The molecule has 0 aromatic heterocycles. The molecule has 17 heavy (non-hydrogen) atoms. The summed E-state index contributed by atoms with van der Waals surface area (Å²) in [6.07, 6.45) is 2.23. The molecular formula is C12H24FN3O. The van der Waals surface area contributed by atoms with Crippen LogP contribution in [0.3, 0.4) is 0 Å². The highest BCUT2D eigenvalue weighted by Crippen LogP contribution is 2.08. The second-order valence-electron chi connectivity index (χ2n) is 4.95. The lowest BCUT2D eigenvalue weighted by Gasteiger charge is -2.13. The van der Waals surface area contributed by atoms with E-state index in [0.29, 0.717) is 6.54 Å². The number of amides is 1. The Labute approximate surface area is 103 Å². The predicted octanol–water partition coefficient (Wildman–Crippen LogP) is 0.440. The minimum absolute atomic E-state index is 0.551. The van der Waals surface area contributed by atoms with Crippen LogP contribution in [0.2, 0.25) is 0 Å². The smallest absolute Gasteiger partial charge is 0.209 e. The summed E-state index contributed by atoms with van der Waals surface area (Å²) in [7, 11) is 4.04. The van der Waals surface area contributed by atoms with E-state index in [1.54, 1.807) is 0 Å². The fourth-order valence-corrected chi connectivity index (χ4v) is 2.05. The summed E-state index contributed by atoms with van der Waals surface area (Å²) < 4.78 is 12.1. The Bertz CT molecular complexity index is 220. The molecule has 2 heterocycles. The number of carbonyl (C=O) groups is 1. The van der Waals surface area contributed by atoms with Crippen LogP contribution in [0.4, 0.5) is 4.39 Å². The van der Waals surface area contributed by atoms with Gasteiger partial charge in [0, 0.05) is 32.7 Å². The highest BCUT2D eigenvalue weighted by atomic mass is 19.1. The summed E-state index contributed by atoms with van der Waals surface area (Å²) in [6.45, 7) is 5.51. The zero-order valence-electron chi connectivity index (χ0n) is 10.9. The topological polar surface area (TPSA) is 26.8 Å². The van der Waals surface area contributed by atoms with Gasteiger partial charge in [0.1, 0.15) is 6.17 Å². The molecule has 2 rings (SSSR count). The molecule has 5 heteroatoms. The zero-order chi connectivity index (χ0) is 12.7. The van der Waals surface area contributed by atoms with Crippen molar-refractivity contribution in [1.29, 1.82) is 0 Å². The standard InChI is InChI=1S/C7H14N2O.C5H10FN/c1-8-3-2-4-9(7-10)6-5-8;1-7-3-2-5(6)4-7/h7H,2-6H2,1H3;5H,2-4H2,1H3/t;5-/m.0/s1. The molecule has 0 saturated carbocycles. The van der Waals surface area contributed by atoms with Crippen LogP contribution in [0.5, 0.6) is 0 Å². The maximum Gasteiger partial charge on any atom is 0.209 e. The summed E-state index contributed by atoms with van der Waals surface area (Å²) in [5.41, 5.74) is 0. The Hall–Kier alpha value is -0.680. The SMILES string of the molecule is CN1CCCN(C=O)CC1.CN1CC[C@H](F)C1. The van der Waals surface area contributed by atoms with E-state index in [4.69, 9.17) is 0 Å². The molecular weight excluding hydrogens is 221 g/mol. The van der Waals surface area contributed by atoms with E-state index in [1.165, 1.54) is 0 Å². The lowest BCUT2D eigenvalue weighted by molar-refractivity contribution is -0.118. The van der Waals surface area contributed by atoms with Gasteiger partial charge in [0.05, 0.1) is 0 Å². The molecule has 0 aliphatic carbocycles. The lowest BCUT2D eigenvalue weighted by Crippen LogP contribution is -2.27. The summed E-state index contributed by atoms with van der Waals surface area (Å²) >= 11 is 0. The Morgan fingerprint density at radius 1 is 1.06 bits per heavy atom. The molecule has 1 atom stereocenters. The Morgan fingerprint density at radius 3 is 2.29 bits per heavy atom. The number of halogens is 1. The molecule has 0 unspecified atom stereocenters. The van der Waals surface area contributed by atoms with Crippen LogP contribution in [-0.2, 0) is 4.79 Å². The first-order valence-electron chi connectivity index (χ1n) is 6.32. The molecule has 4 nitrogen and oxygen atoms in total. The van der Waals surface area contributed by atoms with Crippen molar-refractivity contribution < 1.29 is 9.18 Å². The summed E-state index contributed by atoms with van der Waals surface area (Å²) in [6, 6.07) is 0. The third kappa shape index (κ3) is 5.98. The van der Waals surface area contributed by atoms with Crippen molar-refractivity contribution in [1.82, 2.24) is 14.7 Å². The number of likely N-dealkylation sites (tertiary alicyclic amines) is 1. The van der Waals surface area contributed by atoms with Gasteiger partial charge in [-0.2, -0.15) is 0 Å². The molecule has 2 saturated heterocycles. The summed E-state index contributed by atoms with van der Waals surface area (Å²) in [5.74, 6) is 0. The van der Waals surface area contributed by atoms with Crippen molar-refractivity contribution in [2.24, 2.45) is 0 Å². The first-order valence-corrected chi connectivity index (χ1v) is 6.32. The minimum atomic E-state index is -0.551. The van der Waals surface area contributed by atoms with Crippen molar-refractivity contribution in [2.45, 2.75) is 19.0 Å². The molecule has 0 aromatic carbocycles. The van der Waals surface area contributed by atoms with Gasteiger partial charge in [-0.1, -0.05) is 0 Å². The third-order valence-electron chi connectivity index (χ3n) is 3.24. The van der Waals surface area contributed by atoms with E-state index in [2.05, 4.69) is 11.9 Å². The molecule has 2 fully saturated rings. The molecule has 0 bridgehead atoms. The zero-order valence-corrected chi connectivity index (χ0v) is 10.9. The first-order chi connectivity index (χ1) is 8.11. The van der Waals surface area contributed by atoms with Gasteiger partial charge >= 0.3 is 0 Å². The van der Waals surface area contributed by atoms with Crippen molar-refractivity contribution in [3.63, 3.8) is 0 Å². The minimum Gasteiger partial charge on any atom is -0.344 e. The van der Waals surface area contributed by atoms with Crippen LogP contribution >= 0.6 is 0 Å². The fourth-order valence-electron chi connectivity index (χ4n) is 2.05. The number of carbonyl (C=O) groups excluding carboxylic acids is 1. The molecule has 100 valence electrons. The van der Waals surface area contributed by atoms with Crippen LogP contribution in [0.15, 0.2) is 0 Å². The number of alkyl halides is 1. The first kappa shape index (κ1) is 14.4. The van der Waals surface area contributed by atoms with Crippen LogP contribution in [-0.4, -0.2) is 80.6 Å². The summed E-state index contributed by atoms with van der Waals surface area (Å²) in [5, 5.41) is 0. The third-order valence-corrected chi connectivity index (χ3v) is 3.24. The van der Waals surface area contributed by atoms with Gasteiger partial charge < -0.3 is 14.7 Å². The maximum absolute atomic E-state index is 12.1. The number of rotatable bonds is 1. The number of hydrogen-bond acceptors (Lipinski definition) is 3. The van der Waals surface area contributed by atoms with E-state index in [-0.39, 0.29) is 0 Å². The number of nitrogens with zero attached hydrogens (tertiary/aromatic N) is 3. The quantitative estimate of drug-likeness (QED) is 0.627. The second-order valence-corrected chi connectivity index (χ2v) is 4.95. The largest absolute Gasteiger partial charge is 0.344 e. The Kier molecular flexibility index (Phi) is 6.44. The molecule has 2 aliphatic rings. The lowest BCUT2D eigenvalue weighted by atomic mass is 10.4. The van der Waals surface area contributed by atoms with Crippen molar-refractivity contribution in [2.75, 3.05) is 53.4 Å². The molecule has 0 radical (unpaired) electrons. The van der Waals surface area contributed by atoms with Crippen LogP contribution < -0.4 is 0 Å². The van der Waals surface area contributed by atoms with E-state index in [0.717, 1.165) is 52.0 Å². The van der Waals surface area contributed by atoms with Crippen molar-refractivity contribution in [3.05, 3.63) is 0 Å². The van der Waals surface area contributed by atoms with Gasteiger partial charge in [0.15, 0.2) is 0 Å². The molecule has 1 amide bonds. The van der Waals surface area contributed by atoms with E-state index >= 15 is 0 Å². The highest BCUT2D eigenvalue weighted by Gasteiger charge is 2.17. The van der Waals surface area contributed by atoms with Gasteiger partial charge in [0.2, 0.25) is 6.41 Å². The molecule has 0 aromatic rings. The van der Waals surface area contributed by atoms with E-state index in [1.807, 2.05) is 16.8 Å².